The van der Waals surface area contributed by atoms with Crippen LogP contribution in [0, 0.1) is 5.92 Å². The van der Waals surface area contributed by atoms with Crippen LogP contribution in [0.25, 0.3) is 0 Å². The summed E-state index contributed by atoms with van der Waals surface area (Å²) in [4.78, 5) is 24.6. The van der Waals surface area contributed by atoms with Crippen molar-refractivity contribution >= 4 is 5.91 Å². The van der Waals surface area contributed by atoms with E-state index in [2.05, 4.69) is 141 Å². The van der Waals surface area contributed by atoms with Gasteiger partial charge >= 0.3 is 0 Å². The minimum Gasteiger partial charge on any atom is -0.339 e. The second-order valence-corrected chi connectivity index (χ2v) is 14.8. The Labute approximate surface area is 287 Å². The third-order valence-corrected chi connectivity index (χ3v) is 12.1. The predicted octanol–water partition coefficient (Wildman–Crippen LogP) is 7.05. The smallest absolute Gasteiger partial charge is 0.236 e. The molecule has 0 radical (unpaired) electrons. The van der Waals surface area contributed by atoms with Gasteiger partial charge < -0.3 is 4.90 Å². The molecule has 1 amide bonds. The van der Waals surface area contributed by atoms with Crippen molar-refractivity contribution in [3.8, 4) is 0 Å². The topological polar surface area (TPSA) is 30.0 Å². The molecule has 2 atom stereocenters. The average molecular weight is 639 g/mol. The van der Waals surface area contributed by atoms with Crippen molar-refractivity contribution in [2.45, 2.75) is 49.1 Å². The molecule has 4 aliphatic heterocycles. The van der Waals surface area contributed by atoms with E-state index >= 15 is 0 Å². The fourth-order valence-electron chi connectivity index (χ4n) is 9.77. The van der Waals surface area contributed by atoms with Gasteiger partial charge in [-0.3, -0.25) is 19.5 Å². The SMILES string of the molecule is O=C(CN1CCN(C(c2ccccc2)c2ccccc2)CC1)N1CC2C(c3ccccc3)CC(N3CCCC3)(CC2c2ccccc2)C1. The summed E-state index contributed by atoms with van der Waals surface area (Å²) in [5, 5.41) is 0. The van der Waals surface area contributed by atoms with Crippen LogP contribution >= 0.6 is 0 Å². The lowest BCUT2D eigenvalue weighted by Crippen LogP contribution is -2.57. The highest BCUT2D eigenvalue weighted by atomic mass is 16.2. The number of benzene rings is 4. The molecule has 5 nitrogen and oxygen atoms in total. The highest BCUT2D eigenvalue weighted by Crippen LogP contribution is 2.55. The summed E-state index contributed by atoms with van der Waals surface area (Å²) in [6.45, 7) is 8.26. The van der Waals surface area contributed by atoms with E-state index < -0.39 is 0 Å². The molecule has 1 aliphatic carbocycles. The molecule has 2 bridgehead atoms. The molecule has 5 aliphatic rings. The lowest BCUT2D eigenvalue weighted by Gasteiger charge is -2.50. The summed E-state index contributed by atoms with van der Waals surface area (Å²) in [7, 11) is 0. The van der Waals surface area contributed by atoms with Crippen molar-refractivity contribution < 1.29 is 4.79 Å². The summed E-state index contributed by atoms with van der Waals surface area (Å²) in [6.07, 6.45) is 4.83. The van der Waals surface area contributed by atoms with E-state index in [0.29, 0.717) is 30.2 Å². The molecule has 48 heavy (non-hydrogen) atoms. The van der Waals surface area contributed by atoms with Crippen molar-refractivity contribution in [1.82, 2.24) is 19.6 Å². The zero-order valence-corrected chi connectivity index (χ0v) is 28.2. The summed E-state index contributed by atoms with van der Waals surface area (Å²) < 4.78 is 0. The van der Waals surface area contributed by atoms with Gasteiger partial charge in [-0.15, -0.1) is 0 Å². The number of hydrogen-bond donors (Lipinski definition) is 0. The lowest BCUT2D eigenvalue weighted by molar-refractivity contribution is -0.134. The van der Waals surface area contributed by atoms with E-state index in [1.165, 1.54) is 35.1 Å². The first kappa shape index (κ1) is 31.5. The van der Waals surface area contributed by atoms with Crippen LogP contribution in [0.15, 0.2) is 121 Å². The number of piperazine rings is 1. The molecule has 2 unspecified atom stereocenters. The van der Waals surface area contributed by atoms with Crippen LogP contribution in [-0.4, -0.2) is 89.9 Å². The standard InChI is InChI=1S/C43H50N4O/c48-41(32-44-25-27-45(28-26-44)42(36-19-9-3-10-20-36)37-21-11-4-12-22-37)46-31-40-38(34-15-5-1-6-16-34)29-43(33-46,47-23-13-14-24-47)30-39(40)35-17-7-2-8-18-35/h1-12,15-22,38-40,42H,13-14,23-33H2. The zero-order valence-electron chi connectivity index (χ0n) is 28.2. The Morgan fingerprint density at radius 1 is 0.625 bits per heavy atom. The average Bonchev–Trinajstić information content (AvgIpc) is 3.58. The predicted molar refractivity (Wildman–Crippen MR) is 194 cm³/mol. The maximum absolute atomic E-state index is 14.5. The Bertz CT molecular complexity index is 1530. The maximum Gasteiger partial charge on any atom is 0.236 e. The minimum atomic E-state index is 0.0114. The zero-order chi connectivity index (χ0) is 32.3. The van der Waals surface area contributed by atoms with Crippen LogP contribution in [0.3, 0.4) is 0 Å². The number of carbonyl (C=O) groups excluding carboxylic acids is 1. The number of rotatable bonds is 8. The Balaban J connectivity index is 1.03. The minimum absolute atomic E-state index is 0.0114. The van der Waals surface area contributed by atoms with Crippen molar-refractivity contribution in [3.05, 3.63) is 144 Å². The number of fused-ring (bicyclic) bond motifs is 4. The van der Waals surface area contributed by atoms with E-state index in [1.807, 2.05) is 0 Å². The Morgan fingerprint density at radius 2 is 1.10 bits per heavy atom. The van der Waals surface area contributed by atoms with Gasteiger partial charge in [0.2, 0.25) is 5.91 Å². The Morgan fingerprint density at radius 3 is 1.60 bits per heavy atom. The Hall–Kier alpha value is -3.77. The summed E-state index contributed by atoms with van der Waals surface area (Å²) in [6, 6.07) is 44.5. The van der Waals surface area contributed by atoms with Gasteiger partial charge in [-0.2, -0.15) is 0 Å². The van der Waals surface area contributed by atoms with Crippen LogP contribution in [0.4, 0.5) is 0 Å². The van der Waals surface area contributed by atoms with Gasteiger partial charge in [-0.25, -0.2) is 0 Å². The fraction of sp³-hybridized carbons (Fsp3) is 0.419. The van der Waals surface area contributed by atoms with Crippen molar-refractivity contribution in [1.29, 1.82) is 0 Å². The van der Waals surface area contributed by atoms with E-state index in [4.69, 9.17) is 0 Å². The molecule has 4 aromatic rings. The molecular weight excluding hydrogens is 589 g/mol. The number of hydrogen-bond acceptors (Lipinski definition) is 4. The monoisotopic (exact) mass is 638 g/mol. The summed E-state index contributed by atoms with van der Waals surface area (Å²) in [5.74, 6) is 1.62. The summed E-state index contributed by atoms with van der Waals surface area (Å²) >= 11 is 0. The highest BCUT2D eigenvalue weighted by molar-refractivity contribution is 5.78. The van der Waals surface area contributed by atoms with E-state index in [1.54, 1.807) is 0 Å². The molecule has 248 valence electrons. The number of carbonyl (C=O) groups is 1. The van der Waals surface area contributed by atoms with Crippen LogP contribution in [0.1, 0.15) is 65.8 Å². The quantitative estimate of drug-likeness (QED) is 0.207. The lowest BCUT2D eigenvalue weighted by atomic mass is 9.61. The van der Waals surface area contributed by atoms with Gasteiger partial charge in [-0.1, -0.05) is 121 Å². The fourth-order valence-corrected chi connectivity index (χ4v) is 9.77. The Kier molecular flexibility index (Phi) is 9.18. The molecule has 0 spiro atoms. The number of nitrogens with zero attached hydrogens (tertiary/aromatic N) is 4. The van der Waals surface area contributed by atoms with Crippen molar-refractivity contribution in [2.75, 3.05) is 58.9 Å². The molecule has 4 saturated heterocycles. The third kappa shape index (κ3) is 6.36. The molecular formula is C43H50N4O. The highest BCUT2D eigenvalue weighted by Gasteiger charge is 2.54. The van der Waals surface area contributed by atoms with Crippen molar-refractivity contribution in [2.24, 2.45) is 5.92 Å². The molecule has 1 saturated carbocycles. The van der Waals surface area contributed by atoms with E-state index in [-0.39, 0.29) is 11.6 Å². The van der Waals surface area contributed by atoms with Gasteiger partial charge in [0, 0.05) is 44.8 Å². The van der Waals surface area contributed by atoms with Crippen LogP contribution in [0.5, 0.6) is 0 Å². The van der Waals surface area contributed by atoms with Gasteiger partial charge in [0.15, 0.2) is 0 Å². The molecule has 5 heteroatoms. The molecule has 0 aromatic heterocycles. The van der Waals surface area contributed by atoms with Crippen LogP contribution < -0.4 is 0 Å². The van der Waals surface area contributed by atoms with Gasteiger partial charge in [0.1, 0.15) is 0 Å². The normalized spacial score (nSPS) is 26.9. The first-order chi connectivity index (χ1) is 23.7. The maximum atomic E-state index is 14.5. The molecule has 4 heterocycles. The third-order valence-electron chi connectivity index (χ3n) is 12.1. The summed E-state index contributed by atoms with van der Waals surface area (Å²) in [5.41, 5.74) is 5.58. The number of amides is 1. The van der Waals surface area contributed by atoms with Gasteiger partial charge in [0.25, 0.3) is 0 Å². The first-order valence-corrected chi connectivity index (χ1v) is 18.4. The van der Waals surface area contributed by atoms with Crippen LogP contribution in [-0.2, 0) is 4.79 Å². The van der Waals surface area contributed by atoms with E-state index in [9.17, 15) is 4.79 Å². The van der Waals surface area contributed by atoms with Crippen molar-refractivity contribution in [3.63, 3.8) is 0 Å². The van der Waals surface area contributed by atoms with E-state index in [0.717, 1.165) is 65.2 Å². The molecule has 5 fully saturated rings. The van der Waals surface area contributed by atoms with Gasteiger partial charge in [-0.05, 0) is 78.8 Å². The van der Waals surface area contributed by atoms with Crippen LogP contribution in [0.2, 0.25) is 0 Å². The number of likely N-dealkylation sites (tertiary alicyclic amines) is 1. The first-order valence-electron chi connectivity index (χ1n) is 18.4. The second-order valence-electron chi connectivity index (χ2n) is 14.8. The largest absolute Gasteiger partial charge is 0.339 e. The van der Waals surface area contributed by atoms with Gasteiger partial charge in [0.05, 0.1) is 12.6 Å². The molecule has 4 aromatic carbocycles. The second kappa shape index (κ2) is 14.0. The molecule has 9 rings (SSSR count). The molecule has 0 N–H and O–H groups in total.